The summed E-state index contributed by atoms with van der Waals surface area (Å²) < 4.78 is 30.7. The first-order valence-corrected chi connectivity index (χ1v) is 14.5. The fourth-order valence-electron chi connectivity index (χ4n) is 4.70. The van der Waals surface area contributed by atoms with E-state index in [0.29, 0.717) is 41.1 Å². The molecule has 2 heterocycles. The van der Waals surface area contributed by atoms with Crippen molar-refractivity contribution in [2.45, 2.75) is 26.7 Å². The molecule has 0 amide bonds. The van der Waals surface area contributed by atoms with Gasteiger partial charge in [0.05, 0.1) is 13.7 Å². The number of aryl methyl sites for hydroxylation is 1. The lowest BCUT2D eigenvalue weighted by Crippen LogP contribution is -2.04. The third kappa shape index (κ3) is 7.19. The molecule has 0 radical (unpaired) electrons. The number of rotatable bonds is 13. The molecule has 46 heavy (non-hydrogen) atoms. The highest BCUT2D eigenvalue weighted by atomic mass is 16.5. The van der Waals surface area contributed by atoms with Gasteiger partial charge in [-0.05, 0) is 66.6 Å². The second kappa shape index (κ2) is 13.7. The Morgan fingerprint density at radius 2 is 1.52 bits per heavy atom. The van der Waals surface area contributed by atoms with E-state index >= 15 is 0 Å². The number of carboxylic acid groups (broad SMARTS) is 1. The van der Waals surface area contributed by atoms with E-state index in [2.05, 4.69) is 10.1 Å². The minimum atomic E-state index is -1.13. The Morgan fingerprint density at radius 3 is 2.24 bits per heavy atom. The van der Waals surface area contributed by atoms with Gasteiger partial charge in [-0.15, -0.1) is 5.10 Å². The van der Waals surface area contributed by atoms with Crippen LogP contribution in [0.2, 0.25) is 0 Å². The topological polar surface area (TPSA) is 118 Å². The summed E-state index contributed by atoms with van der Waals surface area (Å²) in [4.78, 5) is 16.5. The number of benzene rings is 4. The molecule has 1 N–H and O–H groups in total. The first kappa shape index (κ1) is 30.0. The molecular weight excluding hydrogens is 586 g/mol. The zero-order chi connectivity index (χ0) is 31.9. The Bertz CT molecular complexity index is 1920. The van der Waals surface area contributed by atoms with Crippen molar-refractivity contribution in [2.75, 3.05) is 7.11 Å². The second-order valence-corrected chi connectivity index (χ2v) is 10.4. The number of para-hydroxylation sites is 1. The minimum Gasteiger partial charge on any atom is -0.493 e. The molecule has 0 bridgehead atoms. The van der Waals surface area contributed by atoms with Crippen LogP contribution >= 0.6 is 0 Å². The van der Waals surface area contributed by atoms with Crippen molar-refractivity contribution in [3.63, 3.8) is 0 Å². The highest BCUT2D eigenvalue weighted by Crippen LogP contribution is 2.31. The summed E-state index contributed by atoms with van der Waals surface area (Å²) in [7, 11) is 1.55. The van der Waals surface area contributed by atoms with Crippen molar-refractivity contribution in [1.82, 2.24) is 14.8 Å². The summed E-state index contributed by atoms with van der Waals surface area (Å²) in [5.41, 5.74) is 3.20. The molecule has 0 fully saturated rings. The van der Waals surface area contributed by atoms with Gasteiger partial charge in [-0.1, -0.05) is 54.6 Å². The van der Waals surface area contributed by atoms with Gasteiger partial charge < -0.3 is 28.5 Å². The third-order valence-electron chi connectivity index (χ3n) is 7.09. The molecule has 0 atom stereocenters. The van der Waals surface area contributed by atoms with Gasteiger partial charge in [-0.25, -0.2) is 9.78 Å². The molecule has 4 aromatic carbocycles. The van der Waals surface area contributed by atoms with E-state index in [4.69, 9.17) is 23.4 Å². The van der Waals surface area contributed by atoms with Crippen LogP contribution in [0.4, 0.5) is 0 Å². The fourth-order valence-corrected chi connectivity index (χ4v) is 4.70. The number of ether oxygens (including phenoxy) is 4. The average Bonchev–Trinajstić information content (AvgIpc) is 3.67. The molecule has 232 valence electrons. The summed E-state index contributed by atoms with van der Waals surface area (Å²) in [5.74, 6) is 2.55. The van der Waals surface area contributed by atoms with E-state index in [1.54, 1.807) is 23.9 Å². The van der Waals surface area contributed by atoms with Crippen LogP contribution < -0.4 is 18.9 Å². The highest BCUT2D eigenvalue weighted by molar-refractivity contribution is 5.89. The summed E-state index contributed by atoms with van der Waals surface area (Å²) >= 11 is 0. The summed E-state index contributed by atoms with van der Waals surface area (Å²) in [6, 6.07) is 32.1. The molecule has 6 aromatic rings. The Morgan fingerprint density at radius 1 is 0.826 bits per heavy atom. The van der Waals surface area contributed by atoms with E-state index in [1.807, 2.05) is 97.9 Å². The van der Waals surface area contributed by atoms with Crippen molar-refractivity contribution in [3.8, 4) is 40.3 Å². The van der Waals surface area contributed by atoms with Gasteiger partial charge in [0, 0.05) is 11.8 Å². The predicted octanol–water partition coefficient (Wildman–Crippen LogP) is 7.55. The standard InChI is InChI=1S/C36H31N3O7/c1-24-31(37-34(45-24)27-9-5-3-6-10-27)23-43-32-18-15-26(19-33(32)42-2)22-44-35-30(36(40)41)21-39(38-35)20-25-13-16-29(17-14-25)46-28-11-7-4-8-12-28/h3-19,21H,20,22-23H2,1-2H3,(H,40,41). The molecule has 0 aliphatic rings. The number of aromatic nitrogens is 3. The molecule has 0 saturated heterocycles. The maximum atomic E-state index is 12.0. The third-order valence-corrected chi connectivity index (χ3v) is 7.09. The zero-order valence-corrected chi connectivity index (χ0v) is 25.3. The van der Waals surface area contributed by atoms with E-state index in [9.17, 15) is 9.90 Å². The molecule has 10 heteroatoms. The summed E-state index contributed by atoms with van der Waals surface area (Å²) in [5, 5.41) is 14.2. The van der Waals surface area contributed by atoms with E-state index in [-0.39, 0.29) is 24.7 Å². The van der Waals surface area contributed by atoms with Gasteiger partial charge in [-0.3, -0.25) is 4.68 Å². The number of methoxy groups -OCH3 is 1. The predicted molar refractivity (Wildman–Crippen MR) is 170 cm³/mol. The molecule has 2 aromatic heterocycles. The molecule has 10 nitrogen and oxygen atoms in total. The lowest BCUT2D eigenvalue weighted by molar-refractivity contribution is 0.0691. The van der Waals surface area contributed by atoms with Crippen LogP contribution in [0.25, 0.3) is 11.5 Å². The molecule has 0 spiro atoms. The van der Waals surface area contributed by atoms with E-state index < -0.39 is 5.97 Å². The zero-order valence-electron chi connectivity index (χ0n) is 25.3. The number of aromatic carboxylic acids is 1. The maximum Gasteiger partial charge on any atom is 0.342 e. The Balaban J connectivity index is 1.08. The summed E-state index contributed by atoms with van der Waals surface area (Å²) in [6.07, 6.45) is 1.46. The monoisotopic (exact) mass is 617 g/mol. The van der Waals surface area contributed by atoms with Gasteiger partial charge in [0.15, 0.2) is 11.5 Å². The van der Waals surface area contributed by atoms with Gasteiger partial charge in [0.1, 0.15) is 41.7 Å². The smallest absolute Gasteiger partial charge is 0.342 e. The number of carboxylic acids is 1. The largest absolute Gasteiger partial charge is 0.493 e. The number of oxazole rings is 1. The van der Waals surface area contributed by atoms with Gasteiger partial charge in [0.25, 0.3) is 0 Å². The van der Waals surface area contributed by atoms with Crippen LogP contribution in [0.3, 0.4) is 0 Å². The average molecular weight is 618 g/mol. The summed E-state index contributed by atoms with van der Waals surface area (Å²) in [6.45, 7) is 2.46. The van der Waals surface area contributed by atoms with Crippen LogP contribution in [0.15, 0.2) is 114 Å². The normalized spacial score (nSPS) is 10.8. The van der Waals surface area contributed by atoms with Crippen molar-refractivity contribution >= 4 is 5.97 Å². The first-order chi connectivity index (χ1) is 22.4. The van der Waals surface area contributed by atoms with Crippen LogP contribution in [-0.2, 0) is 19.8 Å². The minimum absolute atomic E-state index is 0.0200. The molecule has 0 aliphatic carbocycles. The van der Waals surface area contributed by atoms with E-state index in [0.717, 1.165) is 22.4 Å². The Hall–Kier alpha value is -6.03. The molecule has 0 aliphatic heterocycles. The van der Waals surface area contributed by atoms with Crippen molar-refractivity contribution < 1.29 is 33.3 Å². The number of carbonyl (C=O) groups is 1. The SMILES string of the molecule is COc1cc(COc2nn(Cc3ccc(Oc4ccccc4)cc3)cc2C(=O)O)ccc1OCc1nc(-c2ccccc2)oc1C. The number of hydrogen-bond donors (Lipinski definition) is 1. The van der Waals surface area contributed by atoms with Crippen LogP contribution in [0, 0.1) is 6.92 Å². The first-order valence-electron chi connectivity index (χ1n) is 14.5. The fraction of sp³-hybridized carbons (Fsp3) is 0.139. The molecule has 0 saturated carbocycles. The van der Waals surface area contributed by atoms with Gasteiger partial charge in [0.2, 0.25) is 11.8 Å². The van der Waals surface area contributed by atoms with Crippen molar-refractivity contribution in [1.29, 1.82) is 0 Å². The van der Waals surface area contributed by atoms with Crippen LogP contribution in [0.5, 0.6) is 28.9 Å². The van der Waals surface area contributed by atoms with Gasteiger partial charge >= 0.3 is 5.97 Å². The van der Waals surface area contributed by atoms with Crippen molar-refractivity contribution in [3.05, 3.63) is 137 Å². The number of nitrogens with zero attached hydrogens (tertiary/aromatic N) is 3. The van der Waals surface area contributed by atoms with Crippen molar-refractivity contribution in [2.24, 2.45) is 0 Å². The quantitative estimate of drug-likeness (QED) is 0.140. The van der Waals surface area contributed by atoms with E-state index in [1.165, 1.54) is 6.20 Å². The van der Waals surface area contributed by atoms with Gasteiger partial charge in [-0.2, -0.15) is 0 Å². The van der Waals surface area contributed by atoms with Crippen LogP contribution in [0.1, 0.15) is 32.9 Å². The lowest BCUT2D eigenvalue weighted by atomic mass is 10.2. The Labute approximate surface area is 265 Å². The second-order valence-electron chi connectivity index (χ2n) is 10.4. The Kier molecular flexibility index (Phi) is 8.96. The number of hydrogen-bond acceptors (Lipinski definition) is 8. The van der Waals surface area contributed by atoms with Crippen LogP contribution in [-0.4, -0.2) is 33.0 Å². The lowest BCUT2D eigenvalue weighted by Gasteiger charge is -2.12. The molecular formula is C36H31N3O7. The maximum absolute atomic E-state index is 12.0. The highest BCUT2D eigenvalue weighted by Gasteiger charge is 2.18. The molecule has 6 rings (SSSR count). The molecule has 0 unspecified atom stereocenters.